The van der Waals surface area contributed by atoms with E-state index < -0.39 is 0 Å². The molecule has 0 unspecified atom stereocenters. The lowest BCUT2D eigenvalue weighted by Crippen LogP contribution is -2.25. The van der Waals surface area contributed by atoms with Crippen molar-refractivity contribution in [3.05, 3.63) is 29.0 Å². The number of nitrogens with one attached hydrogen (secondary N) is 1. The highest BCUT2D eigenvalue weighted by Crippen LogP contribution is 2.25. The van der Waals surface area contributed by atoms with E-state index in [1.54, 1.807) is 0 Å². The topological polar surface area (TPSA) is 29.9 Å². The molecule has 2 aromatic rings. The molecule has 0 saturated heterocycles. The fraction of sp³-hybridized carbons (Fsp3) is 0.533. The molecule has 0 aliphatic heterocycles. The molecule has 1 aromatic carbocycles. The fourth-order valence-electron chi connectivity index (χ4n) is 2.32. The van der Waals surface area contributed by atoms with Gasteiger partial charge < -0.3 is 9.88 Å². The van der Waals surface area contributed by atoms with Crippen LogP contribution in [0.2, 0.25) is 5.02 Å². The first-order valence-corrected chi connectivity index (χ1v) is 7.38. The molecule has 104 valence electrons. The summed E-state index contributed by atoms with van der Waals surface area (Å²) in [6.45, 7) is 8.41. The normalized spacial score (nSPS) is 11.6. The van der Waals surface area contributed by atoms with Gasteiger partial charge in [-0.1, -0.05) is 38.4 Å². The lowest BCUT2D eigenvalue weighted by molar-refractivity contribution is 0.567. The molecule has 0 radical (unpaired) electrons. The predicted octanol–water partition coefficient (Wildman–Crippen LogP) is 3.64. The van der Waals surface area contributed by atoms with Crippen molar-refractivity contribution in [3.8, 4) is 0 Å². The van der Waals surface area contributed by atoms with Crippen LogP contribution in [0.25, 0.3) is 11.0 Å². The maximum atomic E-state index is 6.32. The number of benzene rings is 1. The molecule has 0 bridgehead atoms. The lowest BCUT2D eigenvalue weighted by Gasteiger charge is -2.10. The summed E-state index contributed by atoms with van der Waals surface area (Å²) in [5.41, 5.74) is 2.08. The molecule has 0 amide bonds. The van der Waals surface area contributed by atoms with Gasteiger partial charge in [0.1, 0.15) is 5.82 Å². The van der Waals surface area contributed by atoms with E-state index >= 15 is 0 Å². The van der Waals surface area contributed by atoms with Crippen molar-refractivity contribution in [1.82, 2.24) is 14.9 Å². The van der Waals surface area contributed by atoms with E-state index in [9.17, 15) is 0 Å². The number of imidazole rings is 1. The maximum Gasteiger partial charge on any atom is 0.111 e. The van der Waals surface area contributed by atoms with Crippen LogP contribution >= 0.6 is 11.6 Å². The average Bonchev–Trinajstić information content (AvgIpc) is 2.69. The van der Waals surface area contributed by atoms with Crippen LogP contribution in [-0.2, 0) is 13.0 Å². The highest BCUT2D eigenvalue weighted by atomic mass is 35.5. The molecule has 2 rings (SSSR count). The minimum atomic E-state index is 0.507. The van der Waals surface area contributed by atoms with E-state index in [-0.39, 0.29) is 0 Å². The third-order valence-electron chi connectivity index (χ3n) is 3.14. The Labute approximate surface area is 120 Å². The van der Waals surface area contributed by atoms with Gasteiger partial charge in [-0.05, 0) is 18.6 Å². The van der Waals surface area contributed by atoms with Crippen LogP contribution in [0.15, 0.2) is 18.2 Å². The van der Waals surface area contributed by atoms with Gasteiger partial charge >= 0.3 is 0 Å². The zero-order valence-electron chi connectivity index (χ0n) is 11.9. The Morgan fingerprint density at radius 2 is 2.16 bits per heavy atom. The highest BCUT2D eigenvalue weighted by Gasteiger charge is 2.12. The number of rotatable bonds is 6. The number of nitrogens with zero attached hydrogens (tertiary/aromatic N) is 2. The molecule has 0 fully saturated rings. The molecular weight excluding hydrogens is 258 g/mol. The summed E-state index contributed by atoms with van der Waals surface area (Å²) < 4.78 is 2.26. The van der Waals surface area contributed by atoms with Crippen molar-refractivity contribution < 1.29 is 0 Å². The molecule has 0 saturated carbocycles. The van der Waals surface area contributed by atoms with E-state index in [0.29, 0.717) is 6.04 Å². The van der Waals surface area contributed by atoms with Gasteiger partial charge in [0.25, 0.3) is 0 Å². The Balaban J connectivity index is 2.31. The number of fused-ring (bicyclic) bond motifs is 1. The van der Waals surface area contributed by atoms with E-state index in [4.69, 9.17) is 16.6 Å². The second-order valence-corrected chi connectivity index (χ2v) is 5.55. The van der Waals surface area contributed by atoms with Crippen LogP contribution < -0.4 is 5.32 Å². The van der Waals surface area contributed by atoms with Gasteiger partial charge in [0.05, 0.1) is 16.1 Å². The van der Waals surface area contributed by atoms with Gasteiger partial charge in [0.2, 0.25) is 0 Å². The minimum absolute atomic E-state index is 0.507. The summed E-state index contributed by atoms with van der Waals surface area (Å²) in [6, 6.07) is 6.44. The number of para-hydroxylation sites is 1. The second kappa shape index (κ2) is 6.40. The van der Waals surface area contributed by atoms with Gasteiger partial charge in [-0.2, -0.15) is 0 Å². The number of aryl methyl sites for hydroxylation is 1. The third kappa shape index (κ3) is 3.28. The predicted molar refractivity (Wildman–Crippen MR) is 81.9 cm³/mol. The molecule has 1 N–H and O–H groups in total. The molecule has 0 atom stereocenters. The van der Waals surface area contributed by atoms with Crippen LogP contribution in [0.4, 0.5) is 0 Å². The summed E-state index contributed by atoms with van der Waals surface area (Å²) in [4.78, 5) is 4.73. The maximum absolute atomic E-state index is 6.32. The Morgan fingerprint density at radius 3 is 2.84 bits per heavy atom. The molecule has 19 heavy (non-hydrogen) atoms. The molecule has 3 nitrogen and oxygen atoms in total. The average molecular weight is 280 g/mol. The van der Waals surface area contributed by atoms with Crippen molar-refractivity contribution in [1.29, 1.82) is 0 Å². The minimum Gasteiger partial charge on any atom is -0.327 e. The zero-order chi connectivity index (χ0) is 13.8. The number of hydrogen-bond donors (Lipinski definition) is 1. The van der Waals surface area contributed by atoms with Crippen molar-refractivity contribution >= 4 is 22.6 Å². The van der Waals surface area contributed by atoms with Crippen molar-refractivity contribution in [3.63, 3.8) is 0 Å². The quantitative estimate of drug-likeness (QED) is 0.875. The number of hydrogen-bond acceptors (Lipinski definition) is 2. The van der Waals surface area contributed by atoms with E-state index in [2.05, 4.69) is 30.7 Å². The molecular formula is C15H22ClN3. The lowest BCUT2D eigenvalue weighted by atomic mass is 10.3. The van der Waals surface area contributed by atoms with Gasteiger partial charge in [-0.15, -0.1) is 0 Å². The van der Waals surface area contributed by atoms with Crippen LogP contribution in [0.3, 0.4) is 0 Å². The first-order valence-electron chi connectivity index (χ1n) is 7.00. The molecule has 4 heteroatoms. The van der Waals surface area contributed by atoms with Crippen LogP contribution in [0.5, 0.6) is 0 Å². The van der Waals surface area contributed by atoms with Crippen LogP contribution in [-0.4, -0.2) is 22.1 Å². The Morgan fingerprint density at radius 1 is 1.37 bits per heavy atom. The summed E-state index contributed by atoms with van der Waals surface area (Å²) in [7, 11) is 0. The largest absolute Gasteiger partial charge is 0.327 e. The Bertz CT molecular complexity index is 546. The first kappa shape index (κ1) is 14.4. The molecule has 0 spiro atoms. The Hall–Kier alpha value is -1.06. The third-order valence-corrected chi connectivity index (χ3v) is 3.45. The molecule has 1 aromatic heterocycles. The first-order chi connectivity index (χ1) is 9.13. The summed E-state index contributed by atoms with van der Waals surface area (Å²) in [5, 5.41) is 4.23. The van der Waals surface area contributed by atoms with Crippen molar-refractivity contribution in [2.24, 2.45) is 0 Å². The zero-order valence-corrected chi connectivity index (χ0v) is 12.7. The second-order valence-electron chi connectivity index (χ2n) is 5.15. The highest BCUT2D eigenvalue weighted by molar-refractivity contribution is 6.35. The van der Waals surface area contributed by atoms with Crippen molar-refractivity contribution in [2.75, 3.05) is 6.54 Å². The summed E-state index contributed by atoms with van der Waals surface area (Å²) >= 11 is 6.32. The van der Waals surface area contributed by atoms with E-state index in [1.165, 1.54) is 0 Å². The Kier molecular flexibility index (Phi) is 4.83. The van der Waals surface area contributed by atoms with Gasteiger partial charge in [0.15, 0.2) is 0 Å². The SMILES string of the molecule is CCCn1c(CCNC(C)C)nc2cccc(Cl)c21. The summed E-state index contributed by atoms with van der Waals surface area (Å²) in [5.74, 6) is 1.12. The monoisotopic (exact) mass is 279 g/mol. The van der Waals surface area contributed by atoms with Gasteiger partial charge in [-0.25, -0.2) is 4.98 Å². The van der Waals surface area contributed by atoms with E-state index in [1.807, 2.05) is 18.2 Å². The molecule has 1 heterocycles. The smallest absolute Gasteiger partial charge is 0.111 e. The van der Waals surface area contributed by atoms with Gasteiger partial charge in [0, 0.05) is 25.6 Å². The van der Waals surface area contributed by atoms with Crippen LogP contribution in [0, 0.1) is 0 Å². The fourth-order valence-corrected chi connectivity index (χ4v) is 2.59. The van der Waals surface area contributed by atoms with E-state index in [0.717, 1.165) is 47.8 Å². The van der Waals surface area contributed by atoms with Crippen molar-refractivity contribution in [2.45, 2.75) is 46.2 Å². The standard InChI is InChI=1S/C15H22ClN3/c1-4-10-19-14(8-9-17-11(2)3)18-13-7-5-6-12(16)15(13)19/h5-7,11,17H,4,8-10H2,1-3H3. The number of aromatic nitrogens is 2. The van der Waals surface area contributed by atoms with Crippen LogP contribution in [0.1, 0.15) is 33.0 Å². The molecule has 0 aliphatic carbocycles. The molecule has 0 aliphatic rings. The van der Waals surface area contributed by atoms with Gasteiger partial charge in [-0.3, -0.25) is 0 Å². The summed E-state index contributed by atoms with van der Waals surface area (Å²) in [6.07, 6.45) is 2.02. The number of halogens is 1.